The fourth-order valence-corrected chi connectivity index (χ4v) is 3.08. The van der Waals surface area contributed by atoms with E-state index in [0.717, 1.165) is 36.3 Å². The predicted molar refractivity (Wildman–Crippen MR) is 75.4 cm³/mol. The molecule has 0 aromatic carbocycles. The first-order chi connectivity index (χ1) is 9.22. The number of pyridine rings is 1. The van der Waals surface area contributed by atoms with Gasteiger partial charge in [0.15, 0.2) is 5.01 Å². The van der Waals surface area contributed by atoms with Crippen molar-refractivity contribution in [3.63, 3.8) is 0 Å². The van der Waals surface area contributed by atoms with Gasteiger partial charge in [-0.3, -0.25) is 4.79 Å². The lowest BCUT2D eigenvalue weighted by Crippen LogP contribution is -2.43. The van der Waals surface area contributed by atoms with E-state index >= 15 is 0 Å². The summed E-state index contributed by atoms with van der Waals surface area (Å²) in [6, 6.07) is 3.98. The summed E-state index contributed by atoms with van der Waals surface area (Å²) in [5, 5.41) is 3.58. The molecule has 0 saturated carbocycles. The maximum atomic E-state index is 12.2. The molecule has 2 aromatic rings. The second kappa shape index (κ2) is 5.22. The van der Waals surface area contributed by atoms with E-state index in [1.54, 1.807) is 6.20 Å². The highest BCUT2D eigenvalue weighted by molar-refractivity contribution is 7.19. The van der Waals surface area contributed by atoms with Crippen LogP contribution >= 0.6 is 11.3 Å². The highest BCUT2D eigenvalue weighted by Crippen LogP contribution is 2.19. The second-order valence-electron chi connectivity index (χ2n) is 4.90. The van der Waals surface area contributed by atoms with Crippen LogP contribution in [0.5, 0.6) is 0 Å². The monoisotopic (exact) mass is 276 g/mol. The first-order valence-corrected chi connectivity index (χ1v) is 7.25. The molecule has 1 aliphatic heterocycles. The van der Waals surface area contributed by atoms with E-state index < -0.39 is 0 Å². The summed E-state index contributed by atoms with van der Waals surface area (Å²) in [5.74, 6) is -0.0717. The lowest BCUT2D eigenvalue weighted by Gasteiger charge is -2.29. The minimum Gasteiger partial charge on any atom is -0.347 e. The zero-order chi connectivity index (χ0) is 13.2. The van der Waals surface area contributed by atoms with Crippen LogP contribution in [-0.2, 0) is 0 Å². The van der Waals surface area contributed by atoms with E-state index in [4.69, 9.17) is 0 Å². The van der Waals surface area contributed by atoms with E-state index in [1.165, 1.54) is 11.3 Å². The number of carbonyl (C=O) groups is 1. The van der Waals surface area contributed by atoms with E-state index in [0.29, 0.717) is 5.01 Å². The highest BCUT2D eigenvalue weighted by atomic mass is 32.1. The summed E-state index contributed by atoms with van der Waals surface area (Å²) < 4.78 is 0. The molecule has 1 aliphatic rings. The number of hydrogen-bond donors (Lipinski definition) is 1. The third-order valence-electron chi connectivity index (χ3n) is 3.41. The first kappa shape index (κ1) is 12.5. The number of amides is 1. The molecule has 0 aliphatic carbocycles. The molecule has 2 aromatic heterocycles. The van der Waals surface area contributed by atoms with Gasteiger partial charge in [0.2, 0.25) is 0 Å². The van der Waals surface area contributed by atoms with E-state index in [-0.39, 0.29) is 11.9 Å². The molecule has 1 saturated heterocycles. The quantitative estimate of drug-likeness (QED) is 0.903. The Balaban J connectivity index is 1.70. The SMILES string of the molecule is CN1CCC(NC(=O)c2nc3cccnc3s2)CC1. The average Bonchev–Trinajstić information content (AvgIpc) is 2.85. The Morgan fingerprint density at radius 3 is 3.00 bits per heavy atom. The van der Waals surface area contributed by atoms with Gasteiger partial charge >= 0.3 is 0 Å². The Kier molecular flexibility index (Phi) is 3.44. The number of hydrogen-bond acceptors (Lipinski definition) is 5. The Bertz CT molecular complexity index is 556. The smallest absolute Gasteiger partial charge is 0.280 e. The summed E-state index contributed by atoms with van der Waals surface area (Å²) >= 11 is 1.35. The van der Waals surface area contributed by atoms with E-state index in [9.17, 15) is 4.79 Å². The Hall–Kier alpha value is -1.53. The summed E-state index contributed by atoms with van der Waals surface area (Å²) in [5.41, 5.74) is 0.793. The van der Waals surface area contributed by atoms with Crippen LogP contribution in [0.25, 0.3) is 10.3 Å². The maximum absolute atomic E-state index is 12.2. The molecular weight excluding hydrogens is 260 g/mol. The van der Waals surface area contributed by atoms with Crippen molar-refractivity contribution >= 4 is 27.6 Å². The summed E-state index contributed by atoms with van der Waals surface area (Å²) in [6.45, 7) is 2.07. The van der Waals surface area contributed by atoms with Crippen molar-refractivity contribution in [3.8, 4) is 0 Å². The third-order valence-corrected chi connectivity index (χ3v) is 4.39. The normalized spacial score (nSPS) is 17.7. The standard InChI is InChI=1S/C13H16N4OS/c1-17-7-4-9(5-8-17)15-11(18)13-16-10-3-2-6-14-12(10)19-13/h2-3,6,9H,4-5,7-8H2,1H3,(H,15,18). The van der Waals surface area contributed by atoms with Gasteiger partial charge in [0.25, 0.3) is 5.91 Å². The zero-order valence-corrected chi connectivity index (χ0v) is 11.6. The van der Waals surface area contributed by atoms with Gasteiger partial charge in [0.1, 0.15) is 10.3 Å². The van der Waals surface area contributed by atoms with Crippen LogP contribution in [0.2, 0.25) is 0 Å². The molecule has 100 valence electrons. The Morgan fingerprint density at radius 1 is 1.47 bits per heavy atom. The summed E-state index contributed by atoms with van der Waals surface area (Å²) in [7, 11) is 2.11. The van der Waals surface area contributed by atoms with E-state index in [1.807, 2.05) is 12.1 Å². The molecule has 3 heterocycles. The molecule has 0 unspecified atom stereocenters. The molecule has 5 nitrogen and oxygen atoms in total. The molecule has 0 radical (unpaired) electrons. The van der Waals surface area contributed by atoms with Gasteiger partial charge in [-0.05, 0) is 45.1 Å². The van der Waals surface area contributed by atoms with Gasteiger partial charge < -0.3 is 10.2 Å². The van der Waals surface area contributed by atoms with Crippen molar-refractivity contribution < 1.29 is 4.79 Å². The topological polar surface area (TPSA) is 58.1 Å². The summed E-state index contributed by atoms with van der Waals surface area (Å²) in [6.07, 6.45) is 3.73. The van der Waals surface area contributed by atoms with Crippen molar-refractivity contribution in [2.24, 2.45) is 0 Å². The Morgan fingerprint density at radius 2 is 2.26 bits per heavy atom. The molecule has 1 N–H and O–H groups in total. The van der Waals surface area contributed by atoms with Gasteiger partial charge in [0, 0.05) is 12.2 Å². The lowest BCUT2D eigenvalue weighted by atomic mass is 10.1. The molecule has 0 spiro atoms. The minimum atomic E-state index is -0.0717. The van der Waals surface area contributed by atoms with Crippen LogP contribution in [-0.4, -0.2) is 47.0 Å². The minimum absolute atomic E-state index is 0.0717. The molecule has 3 rings (SSSR count). The number of carbonyl (C=O) groups excluding carboxylic acids is 1. The van der Waals surface area contributed by atoms with Crippen molar-refractivity contribution in [3.05, 3.63) is 23.3 Å². The van der Waals surface area contributed by atoms with E-state index in [2.05, 4.69) is 27.2 Å². The van der Waals surface area contributed by atoms with Crippen LogP contribution in [0, 0.1) is 0 Å². The van der Waals surface area contributed by atoms with Crippen molar-refractivity contribution in [1.29, 1.82) is 0 Å². The molecule has 0 atom stereocenters. The average molecular weight is 276 g/mol. The molecular formula is C13H16N4OS. The number of likely N-dealkylation sites (tertiary alicyclic amines) is 1. The fraction of sp³-hybridized carbons (Fsp3) is 0.462. The van der Waals surface area contributed by atoms with Crippen molar-refractivity contribution in [1.82, 2.24) is 20.2 Å². The number of rotatable bonds is 2. The molecule has 1 fully saturated rings. The van der Waals surface area contributed by atoms with Gasteiger partial charge in [-0.2, -0.15) is 0 Å². The molecule has 1 amide bonds. The molecule has 6 heteroatoms. The molecule has 19 heavy (non-hydrogen) atoms. The maximum Gasteiger partial charge on any atom is 0.280 e. The molecule has 0 bridgehead atoms. The Labute approximate surface area is 115 Å². The fourth-order valence-electron chi connectivity index (χ4n) is 2.27. The number of piperidine rings is 1. The van der Waals surface area contributed by atoms with Gasteiger partial charge in [-0.15, -0.1) is 0 Å². The number of thiazole rings is 1. The number of fused-ring (bicyclic) bond motifs is 1. The van der Waals surface area contributed by atoms with Crippen LogP contribution in [0.15, 0.2) is 18.3 Å². The van der Waals surface area contributed by atoms with Gasteiger partial charge in [0.05, 0.1) is 0 Å². The first-order valence-electron chi connectivity index (χ1n) is 6.43. The number of aromatic nitrogens is 2. The predicted octanol–water partition coefficient (Wildman–Crippen LogP) is 1.52. The van der Waals surface area contributed by atoms with Gasteiger partial charge in [-0.1, -0.05) is 11.3 Å². The van der Waals surface area contributed by atoms with Crippen molar-refractivity contribution in [2.75, 3.05) is 20.1 Å². The van der Waals surface area contributed by atoms with Crippen LogP contribution < -0.4 is 5.32 Å². The third kappa shape index (κ3) is 2.74. The highest BCUT2D eigenvalue weighted by Gasteiger charge is 2.20. The number of nitrogens with zero attached hydrogens (tertiary/aromatic N) is 3. The number of nitrogens with one attached hydrogen (secondary N) is 1. The lowest BCUT2D eigenvalue weighted by molar-refractivity contribution is 0.0916. The zero-order valence-electron chi connectivity index (χ0n) is 10.8. The second-order valence-corrected chi connectivity index (χ2v) is 5.88. The van der Waals surface area contributed by atoms with Crippen LogP contribution in [0.1, 0.15) is 22.6 Å². The largest absolute Gasteiger partial charge is 0.347 e. The van der Waals surface area contributed by atoms with Crippen LogP contribution in [0.3, 0.4) is 0 Å². The van der Waals surface area contributed by atoms with Gasteiger partial charge in [-0.25, -0.2) is 9.97 Å². The van der Waals surface area contributed by atoms with Crippen molar-refractivity contribution in [2.45, 2.75) is 18.9 Å². The summed E-state index contributed by atoms with van der Waals surface area (Å²) in [4.78, 5) is 23.8. The van der Waals surface area contributed by atoms with Crippen LogP contribution in [0.4, 0.5) is 0 Å².